The zero-order valence-electron chi connectivity index (χ0n) is 16.9. The van der Waals surface area contributed by atoms with Crippen molar-refractivity contribution >= 4 is 5.91 Å². The summed E-state index contributed by atoms with van der Waals surface area (Å²) in [5, 5.41) is 0. The molecule has 0 atom stereocenters. The van der Waals surface area contributed by atoms with E-state index in [9.17, 15) is 4.79 Å². The number of fused-ring (bicyclic) bond motifs is 1. The van der Waals surface area contributed by atoms with Crippen molar-refractivity contribution in [3.8, 4) is 34.1 Å². The Hall–Kier alpha value is -4.13. The number of hydrogen-bond acceptors (Lipinski definition) is 5. The molecule has 2 aromatic heterocycles. The smallest absolute Gasteiger partial charge is 0.248 e. The van der Waals surface area contributed by atoms with Crippen LogP contribution in [-0.2, 0) is 6.42 Å². The number of nitrogens with two attached hydrogens (primary N) is 1. The van der Waals surface area contributed by atoms with Gasteiger partial charge >= 0.3 is 0 Å². The Morgan fingerprint density at radius 1 is 1.03 bits per heavy atom. The molecule has 0 radical (unpaired) electrons. The number of pyridine rings is 1. The van der Waals surface area contributed by atoms with Crippen LogP contribution in [0, 0.1) is 6.92 Å². The van der Waals surface area contributed by atoms with Crippen molar-refractivity contribution in [1.29, 1.82) is 0 Å². The lowest BCUT2D eigenvalue weighted by Crippen LogP contribution is -2.10. The predicted molar refractivity (Wildman–Crippen MR) is 116 cm³/mol. The quantitative estimate of drug-likeness (QED) is 0.518. The number of aryl methyl sites for hydroxylation is 1. The normalized spacial score (nSPS) is 12.2. The maximum Gasteiger partial charge on any atom is 0.248 e. The van der Waals surface area contributed by atoms with Gasteiger partial charge in [0.05, 0.1) is 17.1 Å². The van der Waals surface area contributed by atoms with Crippen LogP contribution < -0.4 is 15.2 Å². The molecule has 0 saturated carbocycles. The number of hydrogen-bond donors (Lipinski definition) is 2. The number of ether oxygens (including phenoxy) is 2. The molecule has 1 amide bonds. The molecule has 1 aliphatic heterocycles. The number of rotatable bonds is 5. The van der Waals surface area contributed by atoms with Gasteiger partial charge in [0.2, 0.25) is 12.7 Å². The Bertz CT molecular complexity index is 1280. The van der Waals surface area contributed by atoms with Crippen LogP contribution in [0.3, 0.4) is 0 Å². The van der Waals surface area contributed by atoms with Crippen LogP contribution in [0.4, 0.5) is 0 Å². The summed E-state index contributed by atoms with van der Waals surface area (Å²) < 4.78 is 11.0. The van der Waals surface area contributed by atoms with E-state index in [1.54, 1.807) is 12.1 Å². The highest BCUT2D eigenvalue weighted by molar-refractivity contribution is 5.92. The summed E-state index contributed by atoms with van der Waals surface area (Å²) in [7, 11) is 0. The van der Waals surface area contributed by atoms with E-state index < -0.39 is 5.91 Å². The summed E-state index contributed by atoms with van der Waals surface area (Å²) in [5.41, 5.74) is 11.1. The molecule has 4 aromatic rings. The lowest BCUT2D eigenvalue weighted by Gasteiger charge is -2.04. The first kappa shape index (κ1) is 18.9. The minimum Gasteiger partial charge on any atom is -0.454 e. The first-order chi connectivity index (χ1) is 15.1. The SMILES string of the molecule is Cc1cccc(-c2[nH]c(Cc3ccc(C(N)=O)cc3)nc2-c2ccc3c(c2)OCO3)n1. The van der Waals surface area contributed by atoms with Gasteiger partial charge in [-0.3, -0.25) is 9.78 Å². The van der Waals surface area contributed by atoms with Gasteiger partial charge in [-0.25, -0.2) is 4.98 Å². The number of H-pyrrole nitrogens is 1. The molecule has 0 fully saturated rings. The third-order valence-electron chi connectivity index (χ3n) is 5.15. The molecular weight excluding hydrogens is 392 g/mol. The second kappa shape index (κ2) is 7.60. The summed E-state index contributed by atoms with van der Waals surface area (Å²) in [5.74, 6) is 1.77. The summed E-state index contributed by atoms with van der Waals surface area (Å²) in [4.78, 5) is 24.3. The fourth-order valence-corrected chi connectivity index (χ4v) is 3.61. The van der Waals surface area contributed by atoms with Gasteiger partial charge in [0, 0.05) is 23.2 Å². The van der Waals surface area contributed by atoms with Crippen molar-refractivity contribution in [1.82, 2.24) is 15.0 Å². The van der Waals surface area contributed by atoms with Crippen LogP contribution in [0.5, 0.6) is 11.5 Å². The van der Waals surface area contributed by atoms with E-state index in [1.807, 2.05) is 55.5 Å². The Morgan fingerprint density at radius 3 is 2.61 bits per heavy atom. The maximum atomic E-state index is 11.3. The zero-order chi connectivity index (χ0) is 21.4. The highest BCUT2D eigenvalue weighted by atomic mass is 16.7. The molecule has 31 heavy (non-hydrogen) atoms. The molecule has 0 saturated heterocycles. The van der Waals surface area contributed by atoms with Crippen molar-refractivity contribution in [3.05, 3.63) is 83.3 Å². The summed E-state index contributed by atoms with van der Waals surface area (Å²) in [6.45, 7) is 2.18. The Kier molecular flexibility index (Phi) is 4.63. The first-order valence-electron chi connectivity index (χ1n) is 9.88. The van der Waals surface area contributed by atoms with Crippen LogP contribution in [0.2, 0.25) is 0 Å². The van der Waals surface area contributed by atoms with E-state index in [1.165, 1.54) is 0 Å². The molecular formula is C24H20N4O3. The van der Waals surface area contributed by atoms with E-state index in [4.69, 9.17) is 20.2 Å². The molecule has 3 heterocycles. The average Bonchev–Trinajstić information content (AvgIpc) is 3.40. The van der Waals surface area contributed by atoms with Crippen molar-refractivity contribution in [2.24, 2.45) is 5.73 Å². The molecule has 7 heteroatoms. The third kappa shape index (κ3) is 3.73. The molecule has 5 rings (SSSR count). The predicted octanol–water partition coefficient (Wildman–Crippen LogP) is 3.87. The molecule has 154 valence electrons. The zero-order valence-corrected chi connectivity index (χ0v) is 16.9. The molecule has 1 aliphatic rings. The highest BCUT2D eigenvalue weighted by Gasteiger charge is 2.19. The molecule has 0 spiro atoms. The number of carbonyl (C=O) groups excluding carboxylic acids is 1. The Morgan fingerprint density at radius 2 is 1.84 bits per heavy atom. The average molecular weight is 412 g/mol. The van der Waals surface area contributed by atoms with Crippen molar-refractivity contribution in [2.75, 3.05) is 6.79 Å². The number of nitrogens with one attached hydrogen (secondary N) is 1. The molecule has 0 bridgehead atoms. The summed E-state index contributed by atoms with van der Waals surface area (Å²) in [6.07, 6.45) is 0.572. The number of aromatic amines is 1. The number of aromatic nitrogens is 3. The number of primary amides is 1. The van der Waals surface area contributed by atoms with Gasteiger partial charge < -0.3 is 20.2 Å². The number of carbonyl (C=O) groups is 1. The monoisotopic (exact) mass is 412 g/mol. The fourth-order valence-electron chi connectivity index (χ4n) is 3.61. The molecule has 0 aliphatic carbocycles. The van der Waals surface area contributed by atoms with Crippen molar-refractivity contribution in [2.45, 2.75) is 13.3 Å². The van der Waals surface area contributed by atoms with E-state index in [-0.39, 0.29) is 6.79 Å². The lowest BCUT2D eigenvalue weighted by atomic mass is 10.1. The third-order valence-corrected chi connectivity index (χ3v) is 5.15. The van der Waals surface area contributed by atoms with E-state index in [0.717, 1.165) is 45.5 Å². The van der Waals surface area contributed by atoms with Gasteiger partial charge in [0.25, 0.3) is 0 Å². The number of imidazole rings is 1. The summed E-state index contributed by atoms with van der Waals surface area (Å²) >= 11 is 0. The topological polar surface area (TPSA) is 103 Å². The largest absolute Gasteiger partial charge is 0.454 e. The minimum absolute atomic E-state index is 0.220. The maximum absolute atomic E-state index is 11.3. The van der Waals surface area contributed by atoms with E-state index >= 15 is 0 Å². The Balaban J connectivity index is 1.56. The van der Waals surface area contributed by atoms with Crippen LogP contribution in [0.25, 0.3) is 22.6 Å². The highest BCUT2D eigenvalue weighted by Crippen LogP contribution is 2.38. The van der Waals surface area contributed by atoms with Crippen molar-refractivity contribution < 1.29 is 14.3 Å². The second-order valence-corrected chi connectivity index (χ2v) is 7.38. The van der Waals surface area contributed by atoms with Gasteiger partial charge in [-0.05, 0) is 55.0 Å². The molecule has 2 aromatic carbocycles. The standard InChI is InChI=1S/C24H20N4O3/c1-14-3-2-4-18(26-14)23-22(17-9-10-19-20(12-17)31-13-30-19)27-21(28-23)11-15-5-7-16(8-6-15)24(25)29/h2-10,12H,11,13H2,1H3,(H2,25,29)(H,27,28). The lowest BCUT2D eigenvalue weighted by molar-refractivity contribution is 0.100. The molecule has 7 nitrogen and oxygen atoms in total. The number of amides is 1. The second-order valence-electron chi connectivity index (χ2n) is 7.38. The summed E-state index contributed by atoms with van der Waals surface area (Å²) in [6, 6.07) is 18.9. The van der Waals surface area contributed by atoms with Crippen LogP contribution >= 0.6 is 0 Å². The van der Waals surface area contributed by atoms with Gasteiger partial charge in [0.1, 0.15) is 5.82 Å². The van der Waals surface area contributed by atoms with Crippen LogP contribution in [0.1, 0.15) is 27.4 Å². The van der Waals surface area contributed by atoms with Gasteiger partial charge in [-0.2, -0.15) is 0 Å². The molecule has 0 unspecified atom stereocenters. The first-order valence-corrected chi connectivity index (χ1v) is 9.88. The van der Waals surface area contributed by atoms with Crippen LogP contribution in [0.15, 0.2) is 60.7 Å². The van der Waals surface area contributed by atoms with Gasteiger partial charge in [0.15, 0.2) is 11.5 Å². The van der Waals surface area contributed by atoms with E-state index in [0.29, 0.717) is 17.7 Å². The molecule has 3 N–H and O–H groups in total. The minimum atomic E-state index is -0.442. The van der Waals surface area contributed by atoms with Gasteiger partial charge in [-0.15, -0.1) is 0 Å². The van der Waals surface area contributed by atoms with Gasteiger partial charge in [-0.1, -0.05) is 18.2 Å². The van der Waals surface area contributed by atoms with Crippen molar-refractivity contribution in [3.63, 3.8) is 0 Å². The number of benzene rings is 2. The van der Waals surface area contributed by atoms with Crippen LogP contribution in [-0.4, -0.2) is 27.7 Å². The number of nitrogens with zero attached hydrogens (tertiary/aromatic N) is 2. The van der Waals surface area contributed by atoms with E-state index in [2.05, 4.69) is 9.97 Å². The fraction of sp³-hybridized carbons (Fsp3) is 0.125. The Labute approximate surface area is 178 Å².